The highest BCUT2D eigenvalue weighted by molar-refractivity contribution is 5.77. The van der Waals surface area contributed by atoms with Crippen molar-refractivity contribution in [3.8, 4) is 5.75 Å². The van der Waals surface area contributed by atoms with Gasteiger partial charge in [-0.3, -0.25) is 4.79 Å². The van der Waals surface area contributed by atoms with Gasteiger partial charge in [-0.1, -0.05) is 0 Å². The molecule has 124 valence electrons. The maximum Gasteiger partial charge on any atom is 0.257 e. The van der Waals surface area contributed by atoms with E-state index in [9.17, 15) is 9.18 Å². The molecule has 3 aromatic rings. The molecule has 0 saturated heterocycles. The van der Waals surface area contributed by atoms with Crippen LogP contribution in [-0.4, -0.2) is 38.6 Å². The van der Waals surface area contributed by atoms with Gasteiger partial charge in [-0.2, -0.15) is 10.1 Å². The highest BCUT2D eigenvalue weighted by Gasteiger charge is 2.03. The molecule has 3 rings (SSSR count). The molecule has 0 aliphatic rings. The van der Waals surface area contributed by atoms with Crippen LogP contribution in [0.4, 0.5) is 4.39 Å². The van der Waals surface area contributed by atoms with Crippen LogP contribution in [-0.2, 0) is 11.2 Å². The summed E-state index contributed by atoms with van der Waals surface area (Å²) in [5.74, 6) is 0.457. The van der Waals surface area contributed by atoms with Gasteiger partial charge in [-0.05, 0) is 42.7 Å². The molecule has 7 nitrogen and oxygen atoms in total. The van der Waals surface area contributed by atoms with Gasteiger partial charge >= 0.3 is 0 Å². The molecular weight excluding hydrogens is 313 g/mol. The lowest BCUT2D eigenvalue weighted by Crippen LogP contribution is -2.29. The minimum Gasteiger partial charge on any atom is -0.484 e. The van der Waals surface area contributed by atoms with E-state index in [-0.39, 0.29) is 18.3 Å². The van der Waals surface area contributed by atoms with E-state index in [0.29, 0.717) is 18.1 Å². The summed E-state index contributed by atoms with van der Waals surface area (Å²) in [7, 11) is 0. The van der Waals surface area contributed by atoms with E-state index < -0.39 is 0 Å². The molecule has 0 radical (unpaired) electrons. The number of fused-ring (bicyclic) bond motifs is 1. The number of carbonyl (C=O) groups is 1. The van der Waals surface area contributed by atoms with Crippen LogP contribution in [0.3, 0.4) is 0 Å². The second-order valence-corrected chi connectivity index (χ2v) is 5.16. The second kappa shape index (κ2) is 7.49. The number of benzene rings is 1. The molecule has 0 bridgehead atoms. The number of nitrogens with one attached hydrogen (secondary N) is 1. The summed E-state index contributed by atoms with van der Waals surface area (Å²) in [6.07, 6.45) is 6.61. The highest BCUT2D eigenvalue weighted by Crippen LogP contribution is 2.10. The van der Waals surface area contributed by atoms with E-state index in [1.54, 1.807) is 10.7 Å². The molecule has 0 unspecified atom stereocenters. The van der Waals surface area contributed by atoms with Crippen LogP contribution in [0.2, 0.25) is 0 Å². The van der Waals surface area contributed by atoms with Gasteiger partial charge in [0, 0.05) is 18.9 Å². The average Bonchev–Trinajstić information content (AvgIpc) is 3.06. The lowest BCUT2D eigenvalue weighted by atomic mass is 10.2. The van der Waals surface area contributed by atoms with Gasteiger partial charge in [-0.15, -0.1) is 0 Å². The van der Waals surface area contributed by atoms with Gasteiger partial charge in [0.25, 0.3) is 11.7 Å². The van der Waals surface area contributed by atoms with Crippen molar-refractivity contribution in [1.82, 2.24) is 24.9 Å². The molecule has 0 atom stereocenters. The topological polar surface area (TPSA) is 81.4 Å². The highest BCUT2D eigenvalue weighted by atomic mass is 19.1. The monoisotopic (exact) mass is 329 g/mol. The van der Waals surface area contributed by atoms with Crippen LogP contribution in [0.5, 0.6) is 5.75 Å². The molecule has 2 aromatic heterocycles. The lowest BCUT2D eigenvalue weighted by molar-refractivity contribution is -0.123. The molecule has 0 fully saturated rings. The van der Waals surface area contributed by atoms with Crippen LogP contribution in [0.1, 0.15) is 12.0 Å². The Kier molecular flexibility index (Phi) is 4.95. The van der Waals surface area contributed by atoms with Gasteiger partial charge in [-0.25, -0.2) is 13.9 Å². The fourth-order valence-corrected chi connectivity index (χ4v) is 2.14. The second-order valence-electron chi connectivity index (χ2n) is 5.16. The van der Waals surface area contributed by atoms with Crippen molar-refractivity contribution in [3.05, 3.63) is 54.4 Å². The maximum atomic E-state index is 12.8. The van der Waals surface area contributed by atoms with Crippen molar-refractivity contribution in [2.75, 3.05) is 13.2 Å². The molecule has 1 aromatic carbocycles. The fraction of sp³-hybridized carbons (Fsp3) is 0.250. The van der Waals surface area contributed by atoms with Gasteiger partial charge in [0.05, 0.1) is 0 Å². The smallest absolute Gasteiger partial charge is 0.257 e. The molecule has 8 heteroatoms. The zero-order valence-corrected chi connectivity index (χ0v) is 12.9. The first-order valence-electron chi connectivity index (χ1n) is 7.50. The zero-order valence-electron chi connectivity index (χ0n) is 12.9. The number of nitrogens with zero attached hydrogens (tertiary/aromatic N) is 4. The third-order valence-electron chi connectivity index (χ3n) is 3.34. The van der Waals surface area contributed by atoms with Crippen LogP contribution >= 0.6 is 0 Å². The Labute approximate surface area is 137 Å². The van der Waals surface area contributed by atoms with Crippen molar-refractivity contribution >= 4 is 11.7 Å². The SMILES string of the molecule is O=C(COc1ccc(F)cc1)NCCCc1cnc2ncnn2c1. The first-order valence-corrected chi connectivity index (χ1v) is 7.50. The molecule has 0 spiro atoms. The number of aromatic nitrogens is 4. The van der Waals surface area contributed by atoms with Crippen molar-refractivity contribution in [3.63, 3.8) is 0 Å². The Balaban J connectivity index is 1.36. The molecule has 24 heavy (non-hydrogen) atoms. The first-order chi connectivity index (χ1) is 11.7. The Hall–Kier alpha value is -3.03. The number of ether oxygens (including phenoxy) is 1. The first kappa shape index (κ1) is 15.9. The number of hydrogen-bond acceptors (Lipinski definition) is 5. The molecule has 0 saturated carbocycles. The number of amides is 1. The summed E-state index contributed by atoms with van der Waals surface area (Å²) in [6.45, 7) is 0.430. The third kappa shape index (κ3) is 4.25. The lowest BCUT2D eigenvalue weighted by Gasteiger charge is -2.07. The van der Waals surface area contributed by atoms with Crippen LogP contribution in [0.25, 0.3) is 5.78 Å². The predicted octanol–water partition coefficient (Wildman–Crippen LogP) is 1.39. The minimum atomic E-state index is -0.342. The van der Waals surface area contributed by atoms with E-state index in [1.165, 1.54) is 30.6 Å². The molecule has 1 N–H and O–H groups in total. The van der Waals surface area contributed by atoms with E-state index in [1.807, 2.05) is 6.20 Å². The number of halogens is 1. The Bertz CT molecular complexity index is 819. The van der Waals surface area contributed by atoms with Crippen molar-refractivity contribution in [1.29, 1.82) is 0 Å². The van der Waals surface area contributed by atoms with Gasteiger partial charge in [0.15, 0.2) is 6.61 Å². The maximum absolute atomic E-state index is 12.8. The third-order valence-corrected chi connectivity index (χ3v) is 3.34. The summed E-state index contributed by atoms with van der Waals surface area (Å²) in [6, 6.07) is 5.53. The molecule has 2 heterocycles. The minimum absolute atomic E-state index is 0.0991. The number of rotatable bonds is 7. The van der Waals surface area contributed by atoms with Gasteiger partial charge in [0.2, 0.25) is 0 Å². The standard InChI is InChI=1S/C16H16FN5O2/c17-13-3-5-14(6-4-13)24-10-15(23)18-7-1-2-12-8-19-16-20-11-21-22(16)9-12/h3-6,8-9,11H,1-2,7,10H2,(H,18,23). The van der Waals surface area contributed by atoms with Crippen LogP contribution in [0, 0.1) is 5.82 Å². The summed E-state index contributed by atoms with van der Waals surface area (Å²) >= 11 is 0. The molecule has 0 aliphatic carbocycles. The summed E-state index contributed by atoms with van der Waals surface area (Å²) in [4.78, 5) is 19.8. The summed E-state index contributed by atoms with van der Waals surface area (Å²) < 4.78 is 19.6. The Morgan fingerprint density at radius 2 is 2.08 bits per heavy atom. The van der Waals surface area contributed by atoms with Gasteiger partial charge in [0.1, 0.15) is 17.9 Å². The summed E-state index contributed by atoms with van der Waals surface area (Å²) in [5, 5.41) is 6.80. The number of hydrogen-bond donors (Lipinski definition) is 1. The van der Waals surface area contributed by atoms with Gasteiger partial charge < -0.3 is 10.1 Å². The Morgan fingerprint density at radius 3 is 2.92 bits per heavy atom. The quantitative estimate of drug-likeness (QED) is 0.663. The number of carbonyl (C=O) groups excluding carboxylic acids is 1. The van der Waals surface area contributed by atoms with Crippen molar-refractivity contribution in [2.45, 2.75) is 12.8 Å². The molecule has 1 amide bonds. The van der Waals surface area contributed by atoms with E-state index in [0.717, 1.165) is 18.4 Å². The summed E-state index contributed by atoms with van der Waals surface area (Å²) in [5.41, 5.74) is 1.02. The average molecular weight is 329 g/mol. The van der Waals surface area contributed by atoms with Crippen molar-refractivity contribution < 1.29 is 13.9 Å². The normalized spacial score (nSPS) is 10.7. The van der Waals surface area contributed by atoms with E-state index in [4.69, 9.17) is 4.74 Å². The van der Waals surface area contributed by atoms with E-state index >= 15 is 0 Å². The Morgan fingerprint density at radius 1 is 1.25 bits per heavy atom. The molecule has 0 aliphatic heterocycles. The van der Waals surface area contributed by atoms with E-state index in [2.05, 4.69) is 20.4 Å². The van der Waals surface area contributed by atoms with Crippen LogP contribution < -0.4 is 10.1 Å². The van der Waals surface area contributed by atoms with Crippen LogP contribution in [0.15, 0.2) is 43.0 Å². The number of aryl methyl sites for hydroxylation is 1. The van der Waals surface area contributed by atoms with Crippen molar-refractivity contribution in [2.24, 2.45) is 0 Å². The molecular formula is C16H16FN5O2. The zero-order chi connectivity index (χ0) is 16.8. The largest absolute Gasteiger partial charge is 0.484 e. The fourth-order valence-electron chi connectivity index (χ4n) is 2.14. The predicted molar refractivity (Wildman–Crippen MR) is 84.0 cm³/mol.